The number of amides is 1. The Morgan fingerprint density at radius 2 is 2.05 bits per heavy atom. The minimum atomic E-state index is -4.12. The van der Waals surface area contributed by atoms with Gasteiger partial charge in [0.15, 0.2) is 0 Å². The predicted molar refractivity (Wildman–Crippen MR) is 75.6 cm³/mol. The molecule has 0 rings (SSSR count). The summed E-state index contributed by atoms with van der Waals surface area (Å²) in [5, 5.41) is 5.62. The molecule has 0 aromatic carbocycles. The van der Waals surface area contributed by atoms with E-state index < -0.39 is 21.4 Å². The standard InChI is InChI=1S/C12H24N2O4S/c1-4-6-7-8-14-12(3,10-19(16,17)18)9-13-11(15)5-2/h5,14H,2,4,6-10H2,1,3H3,(H,13,15)(H,16,17,18). The second kappa shape index (κ2) is 8.29. The van der Waals surface area contributed by atoms with E-state index in [1.54, 1.807) is 6.92 Å². The van der Waals surface area contributed by atoms with Crippen LogP contribution in [-0.2, 0) is 14.9 Å². The van der Waals surface area contributed by atoms with Crippen molar-refractivity contribution in [2.75, 3.05) is 18.8 Å². The molecule has 6 nitrogen and oxygen atoms in total. The van der Waals surface area contributed by atoms with Gasteiger partial charge in [0.2, 0.25) is 5.91 Å². The number of hydrogen-bond donors (Lipinski definition) is 3. The molecule has 1 unspecified atom stereocenters. The molecular formula is C12H24N2O4S. The largest absolute Gasteiger partial charge is 0.351 e. The highest BCUT2D eigenvalue weighted by Crippen LogP contribution is 2.07. The first-order valence-electron chi connectivity index (χ1n) is 6.33. The third kappa shape index (κ3) is 9.63. The van der Waals surface area contributed by atoms with E-state index in [0.717, 1.165) is 25.3 Å². The zero-order valence-corrected chi connectivity index (χ0v) is 12.4. The Kier molecular flexibility index (Phi) is 7.89. The summed E-state index contributed by atoms with van der Waals surface area (Å²) < 4.78 is 31.0. The summed E-state index contributed by atoms with van der Waals surface area (Å²) in [7, 11) is -4.12. The zero-order chi connectivity index (χ0) is 14.9. The van der Waals surface area contributed by atoms with Crippen molar-refractivity contribution in [3.8, 4) is 0 Å². The van der Waals surface area contributed by atoms with Gasteiger partial charge in [0.1, 0.15) is 0 Å². The Morgan fingerprint density at radius 1 is 1.42 bits per heavy atom. The van der Waals surface area contributed by atoms with Crippen LogP contribution in [0.2, 0.25) is 0 Å². The van der Waals surface area contributed by atoms with Crippen LogP contribution in [0.1, 0.15) is 33.1 Å². The second-order valence-electron chi connectivity index (χ2n) is 4.84. The highest BCUT2D eigenvalue weighted by molar-refractivity contribution is 7.85. The van der Waals surface area contributed by atoms with Crippen LogP contribution < -0.4 is 10.6 Å². The quantitative estimate of drug-likeness (QED) is 0.313. The van der Waals surface area contributed by atoms with Gasteiger partial charge in [-0.1, -0.05) is 26.3 Å². The lowest BCUT2D eigenvalue weighted by Gasteiger charge is -2.30. The monoisotopic (exact) mass is 292 g/mol. The van der Waals surface area contributed by atoms with Gasteiger partial charge in [-0.15, -0.1) is 0 Å². The van der Waals surface area contributed by atoms with Gasteiger partial charge < -0.3 is 10.6 Å². The maximum absolute atomic E-state index is 11.1. The summed E-state index contributed by atoms with van der Waals surface area (Å²) in [5.74, 6) is -0.833. The highest BCUT2D eigenvalue weighted by atomic mass is 32.2. The lowest BCUT2D eigenvalue weighted by atomic mass is 10.0. The van der Waals surface area contributed by atoms with Gasteiger partial charge in [-0.3, -0.25) is 9.35 Å². The Labute approximate surface area is 115 Å². The summed E-state index contributed by atoms with van der Waals surface area (Å²) >= 11 is 0. The molecular weight excluding hydrogens is 268 g/mol. The highest BCUT2D eigenvalue weighted by Gasteiger charge is 2.29. The van der Waals surface area contributed by atoms with Crippen molar-refractivity contribution in [3.63, 3.8) is 0 Å². The van der Waals surface area contributed by atoms with Gasteiger partial charge in [-0.05, 0) is 26.0 Å². The fourth-order valence-corrected chi connectivity index (χ4v) is 2.70. The van der Waals surface area contributed by atoms with Crippen LogP contribution in [0.3, 0.4) is 0 Å². The van der Waals surface area contributed by atoms with Crippen molar-refractivity contribution in [2.24, 2.45) is 0 Å². The minimum Gasteiger partial charge on any atom is -0.351 e. The normalized spacial score (nSPS) is 14.7. The number of rotatable bonds is 10. The fourth-order valence-electron chi connectivity index (χ4n) is 1.69. The first-order chi connectivity index (χ1) is 8.72. The van der Waals surface area contributed by atoms with Crippen molar-refractivity contribution in [2.45, 2.75) is 38.6 Å². The SMILES string of the molecule is C=CC(=O)NCC(C)(CS(=O)(=O)O)NCCCCC. The molecule has 3 N–H and O–H groups in total. The van der Waals surface area contributed by atoms with Gasteiger partial charge in [-0.25, -0.2) is 0 Å². The van der Waals surface area contributed by atoms with Gasteiger partial charge in [0, 0.05) is 12.1 Å². The van der Waals surface area contributed by atoms with Crippen LogP contribution in [0.4, 0.5) is 0 Å². The molecule has 0 aromatic rings. The molecule has 112 valence electrons. The second-order valence-corrected chi connectivity index (χ2v) is 6.30. The summed E-state index contributed by atoms with van der Waals surface area (Å²) in [4.78, 5) is 11.1. The molecule has 0 aliphatic carbocycles. The van der Waals surface area contributed by atoms with E-state index in [-0.39, 0.29) is 12.5 Å². The van der Waals surface area contributed by atoms with Crippen LogP contribution in [0.5, 0.6) is 0 Å². The molecule has 0 saturated heterocycles. The number of carbonyl (C=O) groups excluding carboxylic acids is 1. The molecule has 0 aliphatic heterocycles. The summed E-state index contributed by atoms with van der Waals surface area (Å²) in [6.45, 7) is 7.77. The van der Waals surface area contributed by atoms with Crippen LogP contribution in [0.25, 0.3) is 0 Å². The van der Waals surface area contributed by atoms with Crippen molar-refractivity contribution in [1.82, 2.24) is 10.6 Å². The van der Waals surface area contributed by atoms with Gasteiger partial charge in [0.05, 0.1) is 5.75 Å². The molecule has 0 bridgehead atoms. The fraction of sp³-hybridized carbons (Fsp3) is 0.750. The van der Waals surface area contributed by atoms with Gasteiger partial charge >= 0.3 is 0 Å². The number of hydrogen-bond acceptors (Lipinski definition) is 4. The lowest BCUT2D eigenvalue weighted by molar-refractivity contribution is -0.116. The van der Waals surface area contributed by atoms with E-state index >= 15 is 0 Å². The number of nitrogens with one attached hydrogen (secondary N) is 2. The molecule has 0 radical (unpaired) electrons. The third-order valence-electron chi connectivity index (χ3n) is 2.67. The Morgan fingerprint density at radius 3 is 2.53 bits per heavy atom. The molecule has 0 aliphatic rings. The minimum absolute atomic E-state index is 0.101. The van der Waals surface area contributed by atoms with Crippen LogP contribution in [0.15, 0.2) is 12.7 Å². The summed E-state index contributed by atoms with van der Waals surface area (Å²) in [5.41, 5.74) is -0.903. The zero-order valence-electron chi connectivity index (χ0n) is 11.6. The van der Waals surface area contributed by atoms with Gasteiger partial charge in [-0.2, -0.15) is 8.42 Å². The Balaban J connectivity index is 4.52. The average molecular weight is 292 g/mol. The maximum Gasteiger partial charge on any atom is 0.266 e. The Hall–Kier alpha value is -0.920. The smallest absolute Gasteiger partial charge is 0.266 e. The van der Waals surface area contributed by atoms with Crippen LogP contribution >= 0.6 is 0 Å². The topological polar surface area (TPSA) is 95.5 Å². The van der Waals surface area contributed by atoms with E-state index in [1.807, 2.05) is 0 Å². The van der Waals surface area contributed by atoms with E-state index in [9.17, 15) is 13.2 Å². The summed E-state index contributed by atoms with van der Waals surface area (Å²) in [6, 6.07) is 0. The van der Waals surface area contributed by atoms with E-state index in [4.69, 9.17) is 4.55 Å². The molecule has 0 heterocycles. The maximum atomic E-state index is 11.1. The molecule has 0 saturated carbocycles. The van der Waals surface area contributed by atoms with Crippen molar-refractivity contribution in [1.29, 1.82) is 0 Å². The number of carbonyl (C=O) groups is 1. The first-order valence-corrected chi connectivity index (χ1v) is 7.94. The van der Waals surface area contributed by atoms with Crippen molar-refractivity contribution >= 4 is 16.0 Å². The van der Waals surface area contributed by atoms with Crippen molar-refractivity contribution in [3.05, 3.63) is 12.7 Å². The van der Waals surface area contributed by atoms with Crippen LogP contribution in [0, 0.1) is 0 Å². The predicted octanol–water partition coefficient (Wildman–Crippen LogP) is 0.715. The average Bonchev–Trinajstić information content (AvgIpc) is 2.30. The molecule has 19 heavy (non-hydrogen) atoms. The molecule has 0 aromatic heterocycles. The lowest BCUT2D eigenvalue weighted by Crippen LogP contribution is -2.55. The van der Waals surface area contributed by atoms with Crippen LogP contribution in [-0.4, -0.2) is 43.3 Å². The number of unbranched alkanes of at least 4 members (excludes halogenated alkanes) is 2. The first kappa shape index (κ1) is 18.1. The molecule has 0 fully saturated rings. The summed E-state index contributed by atoms with van der Waals surface area (Å²) in [6.07, 6.45) is 4.12. The van der Waals surface area contributed by atoms with Gasteiger partial charge in [0.25, 0.3) is 10.1 Å². The van der Waals surface area contributed by atoms with Crippen molar-refractivity contribution < 1.29 is 17.8 Å². The third-order valence-corrected chi connectivity index (χ3v) is 3.67. The molecule has 0 spiro atoms. The van der Waals surface area contributed by atoms with E-state index in [1.165, 1.54) is 0 Å². The Bertz CT molecular complexity index is 395. The molecule has 1 atom stereocenters. The van der Waals surface area contributed by atoms with E-state index in [2.05, 4.69) is 24.1 Å². The molecule has 7 heteroatoms. The molecule has 1 amide bonds. The van der Waals surface area contributed by atoms with E-state index in [0.29, 0.717) is 6.54 Å².